The molecule has 0 aliphatic heterocycles. The standard InChI is InChI=1S/C27H32N7O7P/c1-20(26(36)39-16-21-10-6-4-7-11-21)32-42(37,41-22-12-8-5-9-13-22)40-15-14-38-19-34-18-28-23-24(34)30-27(31-25(23)35)29-17-33(2)3/h4-13,17-18,20H,14-16,19H2,1-3H3,(H,32,37)(H,30,31,35)/b29-17+/t20-,42?/m1/s1. The molecule has 2 aromatic heterocycles. The van der Waals surface area contributed by atoms with Crippen LogP contribution in [0.3, 0.4) is 0 Å². The normalized spacial score (nSPS) is 13.6. The van der Waals surface area contributed by atoms with Crippen LogP contribution in [0.4, 0.5) is 5.95 Å². The number of carbonyl (C=O) groups is 1. The minimum atomic E-state index is -4.04. The van der Waals surface area contributed by atoms with E-state index in [1.54, 1.807) is 49.3 Å². The van der Waals surface area contributed by atoms with Crippen molar-refractivity contribution >= 4 is 37.2 Å². The number of aromatic amines is 1. The summed E-state index contributed by atoms with van der Waals surface area (Å²) >= 11 is 0. The summed E-state index contributed by atoms with van der Waals surface area (Å²) in [4.78, 5) is 41.7. The minimum Gasteiger partial charge on any atom is -0.460 e. The maximum absolute atomic E-state index is 13.6. The highest BCUT2D eigenvalue weighted by Crippen LogP contribution is 2.44. The summed E-state index contributed by atoms with van der Waals surface area (Å²) in [5.74, 6) is -0.222. The molecule has 0 fully saturated rings. The number of nitrogens with one attached hydrogen (secondary N) is 2. The fraction of sp³-hybridized carbons (Fsp3) is 0.296. The first-order chi connectivity index (χ1) is 20.2. The monoisotopic (exact) mass is 597 g/mol. The van der Waals surface area contributed by atoms with Gasteiger partial charge in [0, 0.05) is 14.1 Å². The van der Waals surface area contributed by atoms with E-state index in [-0.39, 0.29) is 49.4 Å². The van der Waals surface area contributed by atoms with Gasteiger partial charge in [-0.3, -0.25) is 23.7 Å². The van der Waals surface area contributed by atoms with Crippen molar-refractivity contribution in [3.05, 3.63) is 82.9 Å². The summed E-state index contributed by atoms with van der Waals surface area (Å²) in [5.41, 5.74) is 0.803. The lowest BCUT2D eigenvalue weighted by atomic mass is 10.2. The summed E-state index contributed by atoms with van der Waals surface area (Å²) in [6.07, 6.45) is 2.92. The van der Waals surface area contributed by atoms with Gasteiger partial charge in [-0.2, -0.15) is 10.1 Å². The molecule has 4 aromatic rings. The van der Waals surface area contributed by atoms with Gasteiger partial charge in [-0.15, -0.1) is 0 Å². The largest absolute Gasteiger partial charge is 0.460 e. The van der Waals surface area contributed by atoms with Crippen LogP contribution in [0.15, 0.2) is 76.8 Å². The predicted octanol–water partition coefficient (Wildman–Crippen LogP) is 3.24. The number of rotatable bonds is 15. The highest BCUT2D eigenvalue weighted by atomic mass is 31.2. The number of para-hydroxylation sites is 1. The van der Waals surface area contributed by atoms with Crippen molar-refractivity contribution in [1.82, 2.24) is 29.5 Å². The van der Waals surface area contributed by atoms with E-state index in [9.17, 15) is 14.2 Å². The molecule has 0 aliphatic carbocycles. The molecular weight excluding hydrogens is 565 g/mol. The zero-order chi connectivity index (χ0) is 30.0. The number of hydrogen-bond donors (Lipinski definition) is 2. The Balaban J connectivity index is 1.35. The third-order valence-corrected chi connectivity index (χ3v) is 7.17. The van der Waals surface area contributed by atoms with E-state index in [1.165, 1.54) is 24.2 Å². The van der Waals surface area contributed by atoms with Gasteiger partial charge in [0.2, 0.25) is 5.95 Å². The van der Waals surface area contributed by atoms with Gasteiger partial charge in [0.25, 0.3) is 5.56 Å². The topological polar surface area (TPSA) is 162 Å². The van der Waals surface area contributed by atoms with Gasteiger partial charge < -0.3 is 18.9 Å². The second kappa shape index (κ2) is 14.5. The van der Waals surface area contributed by atoms with E-state index < -0.39 is 25.3 Å². The third kappa shape index (κ3) is 8.82. The van der Waals surface area contributed by atoms with Gasteiger partial charge in [-0.1, -0.05) is 48.5 Å². The molecule has 2 heterocycles. The molecule has 2 atom stereocenters. The van der Waals surface area contributed by atoms with Crippen LogP contribution in [0.1, 0.15) is 12.5 Å². The summed E-state index contributed by atoms with van der Waals surface area (Å²) < 4.78 is 37.4. The van der Waals surface area contributed by atoms with Gasteiger partial charge >= 0.3 is 13.7 Å². The average Bonchev–Trinajstić information content (AvgIpc) is 3.39. The van der Waals surface area contributed by atoms with Crippen LogP contribution in [0, 0.1) is 0 Å². The van der Waals surface area contributed by atoms with Gasteiger partial charge in [0.15, 0.2) is 11.2 Å². The third-order valence-electron chi connectivity index (χ3n) is 5.49. The smallest absolute Gasteiger partial charge is 0.459 e. The van der Waals surface area contributed by atoms with Gasteiger partial charge in [0.1, 0.15) is 25.1 Å². The second-order valence-corrected chi connectivity index (χ2v) is 10.9. The molecule has 2 N–H and O–H groups in total. The number of hydrogen-bond acceptors (Lipinski definition) is 10. The summed E-state index contributed by atoms with van der Waals surface area (Å²) in [5, 5.41) is 2.64. The molecular formula is C27H32N7O7P. The summed E-state index contributed by atoms with van der Waals surface area (Å²) in [6.45, 7) is 1.39. The number of fused-ring (bicyclic) bond motifs is 1. The molecule has 1 unspecified atom stereocenters. The maximum Gasteiger partial charge on any atom is 0.459 e. The first kappa shape index (κ1) is 30.6. The molecule has 0 amide bonds. The van der Waals surface area contributed by atoms with Crippen molar-refractivity contribution < 1.29 is 27.9 Å². The molecule has 0 radical (unpaired) electrons. The Labute approximate surface area is 241 Å². The van der Waals surface area contributed by atoms with E-state index in [4.69, 9.17) is 18.5 Å². The lowest BCUT2D eigenvalue weighted by Crippen LogP contribution is -2.35. The second-order valence-electron chi connectivity index (χ2n) is 9.20. The number of ether oxygens (including phenoxy) is 2. The molecule has 15 heteroatoms. The SMILES string of the molecule is C[C@@H](NP(=O)(OCCOCn1cnc2c(=O)[nH]c(/N=C/N(C)C)nc21)Oc1ccccc1)C(=O)OCc1ccccc1. The van der Waals surface area contributed by atoms with Crippen LogP contribution < -0.4 is 15.2 Å². The highest BCUT2D eigenvalue weighted by molar-refractivity contribution is 7.52. The van der Waals surface area contributed by atoms with Crippen LogP contribution in [0.2, 0.25) is 0 Å². The van der Waals surface area contributed by atoms with Gasteiger partial charge in [-0.25, -0.2) is 14.5 Å². The van der Waals surface area contributed by atoms with Crippen LogP contribution in [-0.2, 0) is 36.7 Å². The molecule has 0 saturated carbocycles. The zero-order valence-corrected chi connectivity index (χ0v) is 24.3. The van der Waals surface area contributed by atoms with Crippen LogP contribution in [-0.4, -0.2) is 70.1 Å². The maximum atomic E-state index is 13.6. The lowest BCUT2D eigenvalue weighted by Gasteiger charge is -2.23. The molecule has 0 saturated heterocycles. The molecule has 222 valence electrons. The number of benzene rings is 2. The zero-order valence-electron chi connectivity index (χ0n) is 23.4. The number of imidazole rings is 1. The Bertz CT molecular complexity index is 1590. The summed E-state index contributed by atoms with van der Waals surface area (Å²) in [6, 6.07) is 16.6. The van der Waals surface area contributed by atoms with Crippen LogP contribution >= 0.6 is 7.75 Å². The van der Waals surface area contributed by atoms with Crippen molar-refractivity contribution in [2.75, 3.05) is 27.3 Å². The van der Waals surface area contributed by atoms with Crippen molar-refractivity contribution in [3.63, 3.8) is 0 Å². The van der Waals surface area contributed by atoms with Crippen LogP contribution in [0.25, 0.3) is 11.2 Å². The van der Waals surface area contributed by atoms with E-state index in [2.05, 4.69) is 25.0 Å². The highest BCUT2D eigenvalue weighted by Gasteiger charge is 2.32. The molecule has 2 aromatic carbocycles. The van der Waals surface area contributed by atoms with E-state index in [1.807, 2.05) is 30.3 Å². The molecule has 0 bridgehead atoms. The van der Waals surface area contributed by atoms with E-state index >= 15 is 0 Å². The Morgan fingerprint density at radius 3 is 2.57 bits per heavy atom. The average molecular weight is 598 g/mol. The first-order valence-electron chi connectivity index (χ1n) is 12.9. The number of aromatic nitrogens is 4. The van der Waals surface area contributed by atoms with E-state index in [0.29, 0.717) is 0 Å². The Hall–Kier alpha value is -4.36. The number of carbonyl (C=O) groups excluding carboxylic acids is 1. The fourth-order valence-corrected chi connectivity index (χ4v) is 4.97. The van der Waals surface area contributed by atoms with Crippen molar-refractivity contribution in [3.8, 4) is 5.75 Å². The van der Waals surface area contributed by atoms with Gasteiger partial charge in [-0.05, 0) is 24.6 Å². The van der Waals surface area contributed by atoms with Crippen molar-refractivity contribution in [2.24, 2.45) is 4.99 Å². The Morgan fingerprint density at radius 2 is 1.86 bits per heavy atom. The Kier molecular flexibility index (Phi) is 10.6. The molecule has 4 rings (SSSR count). The van der Waals surface area contributed by atoms with E-state index in [0.717, 1.165) is 5.56 Å². The molecule has 42 heavy (non-hydrogen) atoms. The fourth-order valence-electron chi connectivity index (χ4n) is 3.50. The predicted molar refractivity (Wildman–Crippen MR) is 155 cm³/mol. The lowest BCUT2D eigenvalue weighted by molar-refractivity contribution is -0.146. The number of aliphatic imine (C=N–C) groups is 1. The number of esters is 1. The number of nitrogens with zero attached hydrogens (tertiary/aromatic N) is 5. The Morgan fingerprint density at radius 1 is 1.14 bits per heavy atom. The number of H-pyrrole nitrogens is 1. The van der Waals surface area contributed by atoms with Crippen molar-refractivity contribution in [1.29, 1.82) is 0 Å². The van der Waals surface area contributed by atoms with Gasteiger partial charge in [0.05, 0.1) is 25.9 Å². The quantitative estimate of drug-likeness (QED) is 0.0680. The molecule has 14 nitrogen and oxygen atoms in total. The van der Waals surface area contributed by atoms with Crippen LogP contribution in [0.5, 0.6) is 5.75 Å². The van der Waals surface area contributed by atoms with Crippen molar-refractivity contribution in [2.45, 2.75) is 26.3 Å². The molecule has 0 spiro atoms. The molecule has 0 aliphatic rings. The minimum absolute atomic E-state index is 0.00877. The summed E-state index contributed by atoms with van der Waals surface area (Å²) in [7, 11) is -0.464. The first-order valence-corrected chi connectivity index (χ1v) is 14.5.